The fourth-order valence-electron chi connectivity index (χ4n) is 3.30. The molecule has 1 heterocycles. The number of carbonyl (C=O) groups is 4. The van der Waals surface area contributed by atoms with Gasteiger partial charge in [0.05, 0.1) is 21.8 Å². The van der Waals surface area contributed by atoms with Crippen molar-refractivity contribution in [3.63, 3.8) is 0 Å². The van der Waals surface area contributed by atoms with Crippen LogP contribution >= 0.6 is 86.9 Å². The highest BCUT2D eigenvalue weighted by Gasteiger charge is 2.47. The lowest BCUT2D eigenvalue weighted by atomic mass is 10.0. The van der Waals surface area contributed by atoms with Crippen LogP contribution in [0.1, 0.15) is 34.6 Å². The molecule has 1 unspecified atom stereocenters. The van der Waals surface area contributed by atoms with Crippen molar-refractivity contribution in [3.8, 4) is 0 Å². The van der Waals surface area contributed by atoms with E-state index in [1.54, 1.807) is 19.9 Å². The summed E-state index contributed by atoms with van der Waals surface area (Å²) in [4.78, 5) is 52.6. The second-order valence-corrected chi connectivity index (χ2v) is 11.5. The molecule has 0 saturated carbocycles. The molecule has 0 radical (unpaired) electrons. The predicted octanol–water partition coefficient (Wildman–Crippen LogP) is 6.85. The molecular formula is C21H14Br4Cl2N2O5. The van der Waals surface area contributed by atoms with E-state index in [-0.39, 0.29) is 21.8 Å². The Balaban J connectivity index is 1.81. The van der Waals surface area contributed by atoms with Crippen molar-refractivity contribution in [2.24, 2.45) is 5.92 Å². The van der Waals surface area contributed by atoms with E-state index in [0.717, 1.165) is 4.90 Å². The Morgan fingerprint density at radius 3 is 2.00 bits per heavy atom. The smallest absolute Gasteiger partial charge is 0.330 e. The second kappa shape index (κ2) is 11.0. The SMILES string of the molecule is CC(C)C(C(=O)OCC(=O)Nc1cc(Cl)ccc1Cl)N1C(=O)c2c(Br)c(Br)c(Br)c(Br)c2C1=O. The first kappa shape index (κ1) is 27.6. The summed E-state index contributed by atoms with van der Waals surface area (Å²) in [6.07, 6.45) is 0. The van der Waals surface area contributed by atoms with Gasteiger partial charge in [0, 0.05) is 22.9 Å². The lowest BCUT2D eigenvalue weighted by Crippen LogP contribution is -2.49. The zero-order valence-electron chi connectivity index (χ0n) is 17.4. The van der Waals surface area contributed by atoms with Gasteiger partial charge in [-0.25, -0.2) is 4.79 Å². The maximum Gasteiger partial charge on any atom is 0.330 e. The molecule has 34 heavy (non-hydrogen) atoms. The molecule has 2 aromatic rings. The fourth-order valence-corrected chi connectivity index (χ4v) is 6.09. The van der Waals surface area contributed by atoms with Gasteiger partial charge in [0.2, 0.25) is 0 Å². The number of hydrogen-bond acceptors (Lipinski definition) is 5. The van der Waals surface area contributed by atoms with Crippen molar-refractivity contribution < 1.29 is 23.9 Å². The largest absolute Gasteiger partial charge is 0.454 e. The molecule has 0 bridgehead atoms. The van der Waals surface area contributed by atoms with Gasteiger partial charge in [-0.15, -0.1) is 0 Å². The van der Waals surface area contributed by atoms with Crippen LogP contribution in [-0.4, -0.2) is 41.2 Å². The Hall–Kier alpha value is -0.980. The van der Waals surface area contributed by atoms with Crippen LogP contribution in [0.5, 0.6) is 0 Å². The van der Waals surface area contributed by atoms with Gasteiger partial charge in [-0.3, -0.25) is 19.3 Å². The predicted molar refractivity (Wildman–Crippen MR) is 142 cm³/mol. The summed E-state index contributed by atoms with van der Waals surface area (Å²) in [5.41, 5.74) is 0.472. The first-order chi connectivity index (χ1) is 15.9. The number of anilines is 1. The number of benzene rings is 2. The van der Waals surface area contributed by atoms with E-state index in [4.69, 9.17) is 27.9 Å². The number of halogens is 6. The number of carbonyl (C=O) groups excluding carboxylic acids is 4. The first-order valence-electron chi connectivity index (χ1n) is 9.52. The average molecular weight is 765 g/mol. The number of nitrogens with one attached hydrogen (secondary N) is 1. The summed E-state index contributed by atoms with van der Waals surface area (Å²) in [5, 5.41) is 3.11. The third-order valence-electron chi connectivity index (χ3n) is 4.83. The van der Waals surface area contributed by atoms with E-state index in [1.165, 1.54) is 12.1 Å². The highest BCUT2D eigenvalue weighted by atomic mass is 79.9. The third-order valence-corrected chi connectivity index (χ3v) is 10.2. The van der Waals surface area contributed by atoms with E-state index >= 15 is 0 Å². The van der Waals surface area contributed by atoms with Crippen LogP contribution in [0.2, 0.25) is 10.0 Å². The zero-order chi connectivity index (χ0) is 25.5. The van der Waals surface area contributed by atoms with Crippen molar-refractivity contribution in [1.29, 1.82) is 0 Å². The molecule has 7 nitrogen and oxygen atoms in total. The molecule has 180 valence electrons. The van der Waals surface area contributed by atoms with Gasteiger partial charge in [-0.05, 0) is 87.8 Å². The molecular weight excluding hydrogens is 751 g/mol. The van der Waals surface area contributed by atoms with Crippen molar-refractivity contribution in [2.45, 2.75) is 19.9 Å². The molecule has 0 spiro atoms. The van der Waals surface area contributed by atoms with Crippen LogP contribution in [0.25, 0.3) is 0 Å². The Bertz CT molecular complexity index is 1190. The second-order valence-electron chi connectivity index (χ2n) is 7.46. The molecule has 0 fully saturated rings. The average Bonchev–Trinajstić information content (AvgIpc) is 3.02. The van der Waals surface area contributed by atoms with Crippen LogP contribution in [-0.2, 0) is 14.3 Å². The van der Waals surface area contributed by atoms with Crippen molar-refractivity contribution in [2.75, 3.05) is 11.9 Å². The number of nitrogens with zero attached hydrogens (tertiary/aromatic N) is 1. The highest BCUT2D eigenvalue weighted by molar-refractivity contribution is 9.15. The number of imide groups is 1. The third kappa shape index (κ3) is 5.24. The molecule has 13 heteroatoms. The van der Waals surface area contributed by atoms with E-state index in [9.17, 15) is 19.2 Å². The minimum Gasteiger partial charge on any atom is -0.454 e. The Morgan fingerprint density at radius 1 is 0.971 bits per heavy atom. The molecule has 3 amide bonds. The monoisotopic (exact) mass is 760 g/mol. The minimum atomic E-state index is -1.26. The summed E-state index contributed by atoms with van der Waals surface area (Å²) < 4.78 is 6.96. The molecule has 0 aliphatic carbocycles. The van der Waals surface area contributed by atoms with Crippen molar-refractivity contribution >= 4 is 116 Å². The number of ether oxygens (including phenoxy) is 1. The van der Waals surface area contributed by atoms with Gasteiger partial charge < -0.3 is 10.1 Å². The lowest BCUT2D eigenvalue weighted by molar-refractivity contribution is -0.152. The van der Waals surface area contributed by atoms with Gasteiger partial charge in [0.15, 0.2) is 6.61 Å². The zero-order valence-corrected chi connectivity index (χ0v) is 25.2. The summed E-state index contributed by atoms with van der Waals surface area (Å²) in [6, 6.07) is 3.26. The van der Waals surface area contributed by atoms with Gasteiger partial charge in [0.25, 0.3) is 17.7 Å². The van der Waals surface area contributed by atoms with Gasteiger partial charge in [-0.1, -0.05) is 37.0 Å². The summed E-state index contributed by atoms with van der Waals surface area (Å²) in [5.74, 6) is -3.38. The molecule has 1 aliphatic heterocycles. The minimum absolute atomic E-state index is 0.110. The van der Waals surface area contributed by atoms with Crippen LogP contribution in [0.4, 0.5) is 5.69 Å². The first-order valence-corrected chi connectivity index (χ1v) is 13.4. The Labute approximate surface area is 238 Å². The van der Waals surface area contributed by atoms with Gasteiger partial charge >= 0.3 is 5.97 Å². The fraction of sp³-hybridized carbons (Fsp3) is 0.238. The van der Waals surface area contributed by atoms with E-state index in [0.29, 0.717) is 22.9 Å². The van der Waals surface area contributed by atoms with E-state index in [2.05, 4.69) is 69.0 Å². The number of amides is 3. The van der Waals surface area contributed by atoms with E-state index < -0.39 is 42.3 Å². The standard InChI is InChI=1S/C21H14Br4Cl2N2O5/c1-7(2)18(21(33)34-6-11(30)28-10-5-8(26)3-4-9(10)27)29-19(31)12-13(20(29)32)15(23)17(25)16(24)14(12)22/h3-5,7,18H,6H2,1-2H3,(H,28,30). The highest BCUT2D eigenvalue weighted by Crippen LogP contribution is 2.46. The summed E-state index contributed by atoms with van der Waals surface area (Å²) in [7, 11) is 0. The molecule has 0 saturated heterocycles. The maximum absolute atomic E-state index is 13.2. The molecule has 1 aliphatic rings. The van der Waals surface area contributed by atoms with E-state index in [1.807, 2.05) is 0 Å². The van der Waals surface area contributed by atoms with Crippen LogP contribution in [0.3, 0.4) is 0 Å². The Morgan fingerprint density at radius 2 is 1.50 bits per heavy atom. The summed E-state index contributed by atoms with van der Waals surface area (Å²) in [6.45, 7) is 2.67. The molecule has 1 atom stereocenters. The van der Waals surface area contributed by atoms with Crippen molar-refractivity contribution in [1.82, 2.24) is 4.90 Å². The molecule has 1 N–H and O–H groups in total. The van der Waals surface area contributed by atoms with Crippen LogP contribution in [0, 0.1) is 5.92 Å². The number of rotatable bonds is 6. The number of hydrogen-bond donors (Lipinski definition) is 1. The number of esters is 1. The normalized spacial score (nSPS) is 13.9. The molecule has 2 aromatic carbocycles. The quantitative estimate of drug-likeness (QED) is 0.151. The lowest BCUT2D eigenvalue weighted by Gasteiger charge is -2.27. The topological polar surface area (TPSA) is 92.8 Å². The van der Waals surface area contributed by atoms with Gasteiger partial charge in [0.1, 0.15) is 6.04 Å². The molecule has 0 aromatic heterocycles. The Kier molecular flexibility index (Phi) is 8.90. The summed E-state index contributed by atoms with van der Waals surface area (Å²) >= 11 is 25.3. The van der Waals surface area contributed by atoms with Crippen LogP contribution < -0.4 is 5.32 Å². The van der Waals surface area contributed by atoms with Crippen LogP contribution in [0.15, 0.2) is 36.1 Å². The number of fused-ring (bicyclic) bond motifs is 1. The van der Waals surface area contributed by atoms with Gasteiger partial charge in [-0.2, -0.15) is 0 Å². The maximum atomic E-state index is 13.2. The molecule has 3 rings (SSSR count). The van der Waals surface area contributed by atoms with Crippen molar-refractivity contribution in [3.05, 3.63) is 57.3 Å².